The van der Waals surface area contributed by atoms with Crippen LogP contribution in [0.4, 0.5) is 4.39 Å². The fourth-order valence-electron chi connectivity index (χ4n) is 2.59. The average Bonchev–Trinajstić information content (AvgIpc) is 2.30. The Bertz CT molecular complexity index is 500. The Morgan fingerprint density at radius 3 is 2.67 bits per heavy atom. The van der Waals surface area contributed by atoms with Gasteiger partial charge in [0.15, 0.2) is 0 Å². The molecule has 0 saturated carbocycles. The summed E-state index contributed by atoms with van der Waals surface area (Å²) in [7, 11) is 0. The Kier molecular flexibility index (Phi) is 3.20. The van der Waals surface area contributed by atoms with Gasteiger partial charge in [-0.2, -0.15) is 0 Å². The summed E-state index contributed by atoms with van der Waals surface area (Å²) in [6, 6.07) is 6.25. The second-order valence-corrected chi connectivity index (χ2v) is 5.05. The quantitative estimate of drug-likeness (QED) is 0.818. The first-order valence-electron chi connectivity index (χ1n) is 6.06. The van der Waals surface area contributed by atoms with Crippen LogP contribution in [0, 0.1) is 11.2 Å². The molecule has 1 N–H and O–H groups in total. The first-order chi connectivity index (χ1) is 8.48. The molecule has 1 aromatic carbocycles. The topological polar surface area (TPSA) is 46.2 Å². The van der Waals surface area contributed by atoms with E-state index in [0.717, 1.165) is 0 Å². The summed E-state index contributed by atoms with van der Waals surface area (Å²) < 4.78 is 13.9. The van der Waals surface area contributed by atoms with Gasteiger partial charge in [0, 0.05) is 12.0 Å². The number of carbonyl (C=O) groups excluding carboxylic acids is 2. The normalized spacial score (nSPS) is 28.1. The first kappa shape index (κ1) is 12.7. The van der Waals surface area contributed by atoms with Gasteiger partial charge >= 0.3 is 0 Å². The molecule has 1 fully saturated rings. The molecule has 96 valence electrons. The van der Waals surface area contributed by atoms with E-state index in [-0.39, 0.29) is 12.3 Å². The van der Waals surface area contributed by atoms with Gasteiger partial charge in [0.2, 0.25) is 11.8 Å². The lowest BCUT2D eigenvalue weighted by molar-refractivity contribution is -0.139. The van der Waals surface area contributed by atoms with Gasteiger partial charge in [0.25, 0.3) is 0 Å². The SMILES string of the molecule is CCC1(C)CC(=O)NC(=O)C1c1ccccc1F. The summed E-state index contributed by atoms with van der Waals surface area (Å²) in [4.78, 5) is 23.5. The van der Waals surface area contributed by atoms with Crippen LogP contribution in [0.1, 0.15) is 38.2 Å². The summed E-state index contributed by atoms with van der Waals surface area (Å²) in [5, 5.41) is 2.30. The predicted molar refractivity (Wildman–Crippen MR) is 65.3 cm³/mol. The van der Waals surface area contributed by atoms with Crippen LogP contribution in [0.2, 0.25) is 0 Å². The van der Waals surface area contributed by atoms with E-state index in [4.69, 9.17) is 0 Å². The van der Waals surface area contributed by atoms with Crippen LogP contribution in [-0.2, 0) is 9.59 Å². The first-order valence-corrected chi connectivity index (χ1v) is 6.06. The Morgan fingerprint density at radius 1 is 1.39 bits per heavy atom. The summed E-state index contributed by atoms with van der Waals surface area (Å²) >= 11 is 0. The molecular weight excluding hydrogens is 233 g/mol. The highest BCUT2D eigenvalue weighted by atomic mass is 19.1. The molecule has 0 aliphatic carbocycles. The number of nitrogens with one attached hydrogen (secondary N) is 1. The Balaban J connectivity index is 2.49. The highest BCUT2D eigenvalue weighted by molar-refractivity contribution is 6.02. The van der Waals surface area contributed by atoms with Crippen LogP contribution < -0.4 is 5.32 Å². The molecular formula is C14H16FNO2. The summed E-state index contributed by atoms with van der Waals surface area (Å²) in [6.45, 7) is 3.78. The zero-order valence-electron chi connectivity index (χ0n) is 10.5. The van der Waals surface area contributed by atoms with Crippen LogP contribution in [0.3, 0.4) is 0 Å². The lowest BCUT2D eigenvalue weighted by Crippen LogP contribution is -2.49. The van der Waals surface area contributed by atoms with Crippen molar-refractivity contribution in [3.05, 3.63) is 35.6 Å². The largest absolute Gasteiger partial charge is 0.296 e. The van der Waals surface area contributed by atoms with E-state index in [1.54, 1.807) is 18.2 Å². The van der Waals surface area contributed by atoms with Crippen LogP contribution in [0.5, 0.6) is 0 Å². The molecule has 2 unspecified atom stereocenters. The van der Waals surface area contributed by atoms with Crippen molar-refractivity contribution in [1.82, 2.24) is 5.32 Å². The number of amides is 2. The zero-order chi connectivity index (χ0) is 13.3. The average molecular weight is 249 g/mol. The molecule has 3 nitrogen and oxygen atoms in total. The second-order valence-electron chi connectivity index (χ2n) is 5.05. The molecule has 1 aliphatic heterocycles. The van der Waals surface area contributed by atoms with Crippen molar-refractivity contribution >= 4 is 11.8 Å². The van der Waals surface area contributed by atoms with Crippen molar-refractivity contribution in [3.63, 3.8) is 0 Å². The van der Waals surface area contributed by atoms with Gasteiger partial charge in [-0.25, -0.2) is 4.39 Å². The third-order valence-electron chi connectivity index (χ3n) is 3.81. The molecule has 2 atom stereocenters. The van der Waals surface area contributed by atoms with Crippen LogP contribution in [0.15, 0.2) is 24.3 Å². The van der Waals surface area contributed by atoms with Gasteiger partial charge in [0.1, 0.15) is 5.82 Å². The molecule has 1 heterocycles. The minimum Gasteiger partial charge on any atom is -0.296 e. The van der Waals surface area contributed by atoms with Gasteiger partial charge in [-0.1, -0.05) is 32.0 Å². The zero-order valence-corrected chi connectivity index (χ0v) is 10.5. The van der Waals surface area contributed by atoms with E-state index >= 15 is 0 Å². The molecule has 0 aromatic heterocycles. The third kappa shape index (κ3) is 2.03. The van der Waals surface area contributed by atoms with Crippen LogP contribution in [0.25, 0.3) is 0 Å². The fourth-order valence-corrected chi connectivity index (χ4v) is 2.59. The molecule has 1 aliphatic rings. The van der Waals surface area contributed by atoms with Crippen molar-refractivity contribution in [3.8, 4) is 0 Å². The van der Waals surface area contributed by atoms with Gasteiger partial charge in [0.05, 0.1) is 5.92 Å². The fraction of sp³-hybridized carbons (Fsp3) is 0.429. The Hall–Kier alpha value is -1.71. The summed E-state index contributed by atoms with van der Waals surface area (Å²) in [5.74, 6) is -1.69. The van der Waals surface area contributed by atoms with Crippen LogP contribution in [-0.4, -0.2) is 11.8 Å². The maximum Gasteiger partial charge on any atom is 0.234 e. The number of piperidine rings is 1. The molecule has 0 spiro atoms. The maximum absolute atomic E-state index is 13.9. The number of rotatable bonds is 2. The molecule has 4 heteroatoms. The van der Waals surface area contributed by atoms with Gasteiger partial charge in [-0.15, -0.1) is 0 Å². The molecule has 2 rings (SSSR count). The van der Waals surface area contributed by atoms with Crippen LogP contribution >= 0.6 is 0 Å². The highest BCUT2D eigenvalue weighted by Gasteiger charge is 2.45. The van der Waals surface area contributed by atoms with E-state index in [2.05, 4.69) is 5.32 Å². The molecule has 1 aromatic rings. The van der Waals surface area contributed by atoms with E-state index in [9.17, 15) is 14.0 Å². The van der Waals surface area contributed by atoms with Crippen molar-refractivity contribution in [2.75, 3.05) is 0 Å². The van der Waals surface area contributed by atoms with Gasteiger partial charge in [-0.3, -0.25) is 14.9 Å². The molecule has 1 saturated heterocycles. The number of imide groups is 1. The van der Waals surface area contributed by atoms with E-state index in [0.29, 0.717) is 12.0 Å². The maximum atomic E-state index is 13.9. The predicted octanol–water partition coefficient (Wildman–Crippen LogP) is 2.37. The van der Waals surface area contributed by atoms with E-state index < -0.39 is 23.1 Å². The number of carbonyl (C=O) groups is 2. The molecule has 18 heavy (non-hydrogen) atoms. The summed E-state index contributed by atoms with van der Waals surface area (Å²) in [6.07, 6.45) is 0.888. The van der Waals surface area contributed by atoms with Gasteiger partial charge in [-0.05, 0) is 17.9 Å². The smallest absolute Gasteiger partial charge is 0.234 e. The van der Waals surface area contributed by atoms with E-state index in [1.807, 2.05) is 13.8 Å². The van der Waals surface area contributed by atoms with Crippen molar-refractivity contribution in [1.29, 1.82) is 0 Å². The standard InChI is InChI=1S/C14H16FNO2/c1-3-14(2)8-11(17)16-13(18)12(14)9-6-4-5-7-10(9)15/h4-7,12H,3,8H2,1-2H3,(H,16,17,18). The number of hydrogen-bond donors (Lipinski definition) is 1. The summed E-state index contributed by atoms with van der Waals surface area (Å²) in [5.41, 5.74) is -0.159. The van der Waals surface area contributed by atoms with E-state index in [1.165, 1.54) is 6.07 Å². The van der Waals surface area contributed by atoms with Crippen molar-refractivity contribution in [2.45, 2.75) is 32.6 Å². The highest BCUT2D eigenvalue weighted by Crippen LogP contribution is 2.44. The minimum atomic E-state index is -0.610. The lowest BCUT2D eigenvalue weighted by Gasteiger charge is -2.39. The third-order valence-corrected chi connectivity index (χ3v) is 3.81. The molecule has 0 radical (unpaired) electrons. The van der Waals surface area contributed by atoms with Crippen molar-refractivity contribution < 1.29 is 14.0 Å². The number of halogens is 1. The second kappa shape index (κ2) is 4.52. The number of hydrogen-bond acceptors (Lipinski definition) is 2. The lowest BCUT2D eigenvalue weighted by atomic mass is 9.67. The molecule has 0 bridgehead atoms. The monoisotopic (exact) mass is 249 g/mol. The van der Waals surface area contributed by atoms with Gasteiger partial charge < -0.3 is 0 Å². The molecule has 2 amide bonds. The van der Waals surface area contributed by atoms with Crippen molar-refractivity contribution in [2.24, 2.45) is 5.41 Å². The Morgan fingerprint density at radius 2 is 2.06 bits per heavy atom. The minimum absolute atomic E-state index is 0.244. The number of benzene rings is 1. The Labute approximate surface area is 105 Å².